The number of carbonyl (C=O) groups is 1. The standard InChI is InChI=1S/C24H17F6NO3/c1-13-9-14(11-15(10-13)23(25,26)27)22(24(28,29)30)12-20(31-34-22)18-7-8-19(21(32)33-2)17-6-4-3-5-16(17)18/h3-11H,12H2,1-2H3. The molecule has 10 heteroatoms. The Morgan fingerprint density at radius 2 is 1.68 bits per heavy atom. The van der Waals surface area contributed by atoms with Gasteiger partial charge in [-0.05, 0) is 35.9 Å². The number of halogens is 6. The van der Waals surface area contributed by atoms with E-state index in [1.54, 1.807) is 24.3 Å². The molecular formula is C24H17F6NO3. The van der Waals surface area contributed by atoms with Crippen LogP contribution in [-0.2, 0) is 21.4 Å². The largest absolute Gasteiger partial charge is 0.465 e. The van der Waals surface area contributed by atoms with E-state index in [4.69, 9.17) is 9.57 Å². The van der Waals surface area contributed by atoms with Gasteiger partial charge in [-0.15, -0.1) is 0 Å². The van der Waals surface area contributed by atoms with Gasteiger partial charge in [0.2, 0.25) is 0 Å². The molecule has 3 aromatic carbocycles. The molecule has 0 saturated carbocycles. The quantitative estimate of drug-likeness (QED) is 0.316. The predicted octanol–water partition coefficient (Wildman–Crippen LogP) is 6.54. The molecule has 0 N–H and O–H groups in total. The third-order valence-corrected chi connectivity index (χ3v) is 5.70. The number of fused-ring (bicyclic) bond motifs is 1. The minimum atomic E-state index is -5.07. The number of carbonyl (C=O) groups excluding carboxylic acids is 1. The zero-order valence-electron chi connectivity index (χ0n) is 17.8. The second-order valence-electron chi connectivity index (χ2n) is 7.91. The van der Waals surface area contributed by atoms with Gasteiger partial charge in [0.05, 0.1) is 23.9 Å². The Hall–Kier alpha value is -3.56. The molecule has 1 aliphatic heterocycles. The summed E-state index contributed by atoms with van der Waals surface area (Å²) < 4.78 is 87.7. The van der Waals surface area contributed by atoms with Crippen LogP contribution in [0.4, 0.5) is 26.3 Å². The SMILES string of the molecule is COC(=O)c1ccc(C2=NOC(c3cc(C)cc(C(F)(F)F)c3)(C(F)(F)F)C2)c2ccccc12. The van der Waals surface area contributed by atoms with E-state index in [0.717, 1.165) is 12.1 Å². The Bertz CT molecular complexity index is 1310. The Balaban J connectivity index is 1.84. The van der Waals surface area contributed by atoms with Crippen molar-refractivity contribution in [1.29, 1.82) is 0 Å². The molecule has 0 bridgehead atoms. The fourth-order valence-corrected chi connectivity index (χ4v) is 4.07. The number of benzene rings is 3. The van der Waals surface area contributed by atoms with Crippen molar-refractivity contribution in [2.75, 3.05) is 7.11 Å². The van der Waals surface area contributed by atoms with Crippen molar-refractivity contribution in [1.82, 2.24) is 0 Å². The number of oxime groups is 1. The maximum Gasteiger partial charge on any atom is 0.435 e. The van der Waals surface area contributed by atoms with Crippen LogP contribution in [0, 0.1) is 6.92 Å². The van der Waals surface area contributed by atoms with Crippen molar-refractivity contribution in [3.05, 3.63) is 82.4 Å². The molecule has 4 rings (SSSR count). The zero-order chi connectivity index (χ0) is 24.9. The summed E-state index contributed by atoms with van der Waals surface area (Å²) in [5.41, 5.74) is -4.65. The predicted molar refractivity (Wildman–Crippen MR) is 111 cm³/mol. The highest BCUT2D eigenvalue weighted by atomic mass is 19.4. The summed E-state index contributed by atoms with van der Waals surface area (Å²) in [6.07, 6.45) is -10.8. The average Bonchev–Trinajstić information content (AvgIpc) is 3.23. The number of alkyl halides is 6. The Morgan fingerprint density at radius 3 is 2.29 bits per heavy atom. The van der Waals surface area contributed by atoms with Crippen LogP contribution in [0.25, 0.3) is 10.8 Å². The lowest BCUT2D eigenvalue weighted by Gasteiger charge is -2.30. The van der Waals surface area contributed by atoms with Crippen LogP contribution in [0.15, 0.2) is 59.8 Å². The minimum Gasteiger partial charge on any atom is -0.465 e. The number of hydrogen-bond donors (Lipinski definition) is 0. The third-order valence-electron chi connectivity index (χ3n) is 5.70. The molecule has 1 aliphatic rings. The highest BCUT2D eigenvalue weighted by molar-refractivity contribution is 6.15. The molecule has 3 aromatic rings. The van der Waals surface area contributed by atoms with Crippen molar-refractivity contribution in [2.24, 2.45) is 5.16 Å². The van der Waals surface area contributed by atoms with E-state index in [-0.39, 0.29) is 22.4 Å². The molecule has 34 heavy (non-hydrogen) atoms. The van der Waals surface area contributed by atoms with Gasteiger partial charge in [-0.3, -0.25) is 0 Å². The van der Waals surface area contributed by atoms with Gasteiger partial charge in [0.15, 0.2) is 0 Å². The average molecular weight is 481 g/mol. The summed E-state index contributed by atoms with van der Waals surface area (Å²) in [4.78, 5) is 17.0. The second-order valence-corrected chi connectivity index (χ2v) is 7.91. The fourth-order valence-electron chi connectivity index (χ4n) is 4.07. The number of ether oxygens (including phenoxy) is 1. The maximum atomic E-state index is 14.3. The van der Waals surface area contributed by atoms with Crippen LogP contribution in [0.2, 0.25) is 0 Å². The monoisotopic (exact) mass is 481 g/mol. The zero-order valence-corrected chi connectivity index (χ0v) is 17.8. The lowest BCUT2D eigenvalue weighted by molar-refractivity contribution is -0.276. The first kappa shape index (κ1) is 23.6. The first-order chi connectivity index (χ1) is 15.9. The number of aryl methyl sites for hydroxylation is 1. The van der Waals surface area contributed by atoms with Crippen LogP contribution in [0.3, 0.4) is 0 Å². The van der Waals surface area contributed by atoms with Gasteiger partial charge < -0.3 is 9.57 Å². The number of hydrogen-bond acceptors (Lipinski definition) is 4. The van der Waals surface area contributed by atoms with E-state index < -0.39 is 41.5 Å². The van der Waals surface area contributed by atoms with Gasteiger partial charge in [-0.2, -0.15) is 26.3 Å². The smallest absolute Gasteiger partial charge is 0.435 e. The van der Waals surface area contributed by atoms with E-state index in [9.17, 15) is 31.1 Å². The van der Waals surface area contributed by atoms with Crippen molar-refractivity contribution in [2.45, 2.75) is 31.3 Å². The maximum absolute atomic E-state index is 14.3. The lowest BCUT2D eigenvalue weighted by atomic mass is 9.84. The van der Waals surface area contributed by atoms with Crippen LogP contribution in [0.5, 0.6) is 0 Å². The van der Waals surface area contributed by atoms with Gasteiger partial charge in [0, 0.05) is 17.5 Å². The highest BCUT2D eigenvalue weighted by Gasteiger charge is 2.62. The number of esters is 1. The van der Waals surface area contributed by atoms with Crippen LogP contribution in [0.1, 0.15) is 39.0 Å². The molecular weight excluding hydrogens is 464 g/mol. The minimum absolute atomic E-state index is 0.00150. The van der Waals surface area contributed by atoms with E-state index in [1.807, 2.05) is 0 Å². The van der Waals surface area contributed by atoms with Crippen LogP contribution >= 0.6 is 0 Å². The summed E-state index contributed by atoms with van der Waals surface area (Å²) in [5, 5.41) is 4.52. The third kappa shape index (κ3) is 3.86. The number of methoxy groups -OCH3 is 1. The van der Waals surface area contributed by atoms with Gasteiger partial charge in [0.1, 0.15) is 0 Å². The van der Waals surface area contributed by atoms with Gasteiger partial charge in [-0.25, -0.2) is 4.79 Å². The number of nitrogens with zero attached hydrogens (tertiary/aromatic N) is 1. The molecule has 1 unspecified atom stereocenters. The van der Waals surface area contributed by atoms with Crippen molar-refractivity contribution in [3.8, 4) is 0 Å². The summed E-state index contributed by atoms with van der Waals surface area (Å²) >= 11 is 0. The van der Waals surface area contributed by atoms with Gasteiger partial charge >= 0.3 is 18.3 Å². The summed E-state index contributed by atoms with van der Waals surface area (Å²) in [7, 11) is 1.20. The fraction of sp³-hybridized carbons (Fsp3) is 0.250. The van der Waals surface area contributed by atoms with Crippen molar-refractivity contribution >= 4 is 22.5 Å². The van der Waals surface area contributed by atoms with E-state index >= 15 is 0 Å². The summed E-state index contributed by atoms with van der Waals surface area (Å²) in [6.45, 7) is 1.28. The Labute approximate surface area is 189 Å². The topological polar surface area (TPSA) is 47.9 Å². The molecule has 1 heterocycles. The molecule has 0 spiro atoms. The molecule has 0 radical (unpaired) electrons. The van der Waals surface area contributed by atoms with Crippen LogP contribution in [-0.4, -0.2) is 25.0 Å². The molecule has 0 fully saturated rings. The lowest BCUT2D eigenvalue weighted by Crippen LogP contribution is -2.43. The molecule has 4 nitrogen and oxygen atoms in total. The molecule has 178 valence electrons. The van der Waals surface area contributed by atoms with Crippen LogP contribution < -0.4 is 0 Å². The second kappa shape index (κ2) is 8.03. The molecule has 0 aromatic heterocycles. The van der Waals surface area contributed by atoms with Gasteiger partial charge in [-0.1, -0.05) is 47.1 Å². The summed E-state index contributed by atoms with van der Waals surface area (Å²) in [6, 6.07) is 11.5. The van der Waals surface area contributed by atoms with Crippen molar-refractivity contribution < 1.29 is 40.7 Å². The first-order valence-electron chi connectivity index (χ1n) is 9.99. The first-order valence-corrected chi connectivity index (χ1v) is 9.99. The normalized spacial score (nSPS) is 18.5. The van der Waals surface area contributed by atoms with Gasteiger partial charge in [0.25, 0.3) is 5.60 Å². The van der Waals surface area contributed by atoms with E-state index in [2.05, 4.69) is 5.16 Å². The molecule has 0 aliphatic carbocycles. The summed E-state index contributed by atoms with van der Waals surface area (Å²) in [5.74, 6) is -0.628. The molecule has 0 amide bonds. The van der Waals surface area contributed by atoms with E-state index in [0.29, 0.717) is 16.8 Å². The molecule has 1 atom stereocenters. The van der Waals surface area contributed by atoms with Crippen molar-refractivity contribution in [3.63, 3.8) is 0 Å². The highest BCUT2D eigenvalue weighted by Crippen LogP contribution is 2.50. The Kier molecular flexibility index (Phi) is 5.58. The molecule has 0 saturated heterocycles. The number of rotatable bonds is 3. The van der Waals surface area contributed by atoms with E-state index in [1.165, 1.54) is 26.2 Å². The Morgan fingerprint density at radius 1 is 1.00 bits per heavy atom.